The van der Waals surface area contributed by atoms with Crippen LogP contribution in [0.4, 0.5) is 10.6 Å². The molecule has 1 rings (SSSR count). The van der Waals surface area contributed by atoms with Crippen LogP contribution in [0.3, 0.4) is 0 Å². The number of hydrogen-bond acceptors (Lipinski definition) is 4. The van der Waals surface area contributed by atoms with Gasteiger partial charge in [-0.3, -0.25) is 5.32 Å². The quantitative estimate of drug-likeness (QED) is 0.791. The zero-order chi connectivity index (χ0) is 10.4. The summed E-state index contributed by atoms with van der Waals surface area (Å²) < 4.78 is 4.88. The highest BCUT2D eigenvalue weighted by atomic mass is 16.5. The Balaban J connectivity index is 2.35. The molecular formula is C9H12N3O2. The van der Waals surface area contributed by atoms with Crippen LogP contribution in [0.2, 0.25) is 0 Å². The van der Waals surface area contributed by atoms with Crippen molar-refractivity contribution in [2.24, 2.45) is 5.92 Å². The SMILES string of the molecule is CC(C)COC(=O)Nc1cn[c]cn1. The molecule has 0 fully saturated rings. The number of carbonyl (C=O) groups is 1. The number of rotatable bonds is 3. The van der Waals surface area contributed by atoms with Gasteiger partial charge >= 0.3 is 6.09 Å². The van der Waals surface area contributed by atoms with Gasteiger partial charge in [-0.1, -0.05) is 13.8 Å². The summed E-state index contributed by atoms with van der Waals surface area (Å²) >= 11 is 0. The Morgan fingerprint density at radius 3 is 3.07 bits per heavy atom. The Labute approximate surface area is 82.5 Å². The molecule has 1 radical (unpaired) electrons. The molecule has 0 saturated carbocycles. The second kappa shape index (κ2) is 5.16. The van der Waals surface area contributed by atoms with Crippen molar-refractivity contribution < 1.29 is 9.53 Å². The monoisotopic (exact) mass is 194 g/mol. The van der Waals surface area contributed by atoms with Gasteiger partial charge < -0.3 is 4.74 Å². The second-order valence-electron chi connectivity index (χ2n) is 3.15. The van der Waals surface area contributed by atoms with E-state index in [1.54, 1.807) is 0 Å². The highest BCUT2D eigenvalue weighted by Gasteiger charge is 2.04. The maximum Gasteiger partial charge on any atom is 0.412 e. The molecule has 1 aromatic rings. The van der Waals surface area contributed by atoms with Gasteiger partial charge in [-0.2, -0.15) is 0 Å². The molecule has 0 saturated heterocycles. The summed E-state index contributed by atoms with van der Waals surface area (Å²) in [6.45, 7) is 4.31. The van der Waals surface area contributed by atoms with Crippen molar-refractivity contribution >= 4 is 11.9 Å². The van der Waals surface area contributed by atoms with E-state index in [9.17, 15) is 4.79 Å². The maximum atomic E-state index is 11.1. The summed E-state index contributed by atoms with van der Waals surface area (Å²) in [5, 5.41) is 2.44. The molecule has 0 aliphatic heterocycles. The lowest BCUT2D eigenvalue weighted by Gasteiger charge is -2.07. The van der Waals surface area contributed by atoms with Gasteiger partial charge in [0.1, 0.15) is 6.20 Å². The van der Waals surface area contributed by atoms with Crippen molar-refractivity contribution in [1.29, 1.82) is 0 Å². The van der Waals surface area contributed by atoms with E-state index in [0.717, 1.165) is 0 Å². The average molecular weight is 194 g/mol. The molecule has 0 aliphatic carbocycles. The number of nitrogens with zero attached hydrogens (tertiary/aromatic N) is 2. The molecule has 0 aliphatic rings. The van der Waals surface area contributed by atoms with E-state index in [-0.39, 0.29) is 0 Å². The molecule has 0 spiro atoms. The maximum absolute atomic E-state index is 11.1. The van der Waals surface area contributed by atoms with Crippen LogP contribution in [0.15, 0.2) is 12.4 Å². The molecule has 0 bridgehead atoms. The molecule has 14 heavy (non-hydrogen) atoms. The van der Waals surface area contributed by atoms with Crippen LogP contribution in [0.25, 0.3) is 0 Å². The fourth-order valence-electron chi connectivity index (χ4n) is 0.711. The van der Waals surface area contributed by atoms with E-state index in [1.165, 1.54) is 12.4 Å². The lowest BCUT2D eigenvalue weighted by Crippen LogP contribution is -2.17. The molecule has 1 aromatic heterocycles. The molecule has 75 valence electrons. The van der Waals surface area contributed by atoms with Crippen molar-refractivity contribution in [3.63, 3.8) is 0 Å². The van der Waals surface area contributed by atoms with Crippen LogP contribution < -0.4 is 5.32 Å². The fraction of sp³-hybridized carbons (Fsp3) is 0.444. The molecule has 5 heteroatoms. The van der Waals surface area contributed by atoms with E-state index in [2.05, 4.69) is 21.5 Å². The summed E-state index contributed by atoms with van der Waals surface area (Å²) in [7, 11) is 0. The molecule has 1 N–H and O–H groups in total. The molecular weight excluding hydrogens is 182 g/mol. The zero-order valence-electron chi connectivity index (χ0n) is 8.15. The summed E-state index contributed by atoms with van der Waals surface area (Å²) in [6, 6.07) is 0. The van der Waals surface area contributed by atoms with Crippen molar-refractivity contribution in [2.45, 2.75) is 13.8 Å². The molecule has 1 heterocycles. The normalized spacial score (nSPS) is 9.93. The smallest absolute Gasteiger partial charge is 0.412 e. The lowest BCUT2D eigenvalue weighted by molar-refractivity contribution is 0.147. The van der Waals surface area contributed by atoms with Gasteiger partial charge in [0.05, 0.1) is 19.0 Å². The van der Waals surface area contributed by atoms with Crippen LogP contribution in [0.5, 0.6) is 0 Å². The first-order valence-corrected chi connectivity index (χ1v) is 4.30. The van der Waals surface area contributed by atoms with E-state index >= 15 is 0 Å². The second-order valence-corrected chi connectivity index (χ2v) is 3.15. The highest BCUT2D eigenvalue weighted by Crippen LogP contribution is 1.99. The van der Waals surface area contributed by atoms with Gasteiger partial charge in [0.2, 0.25) is 0 Å². The fourth-order valence-corrected chi connectivity index (χ4v) is 0.711. The van der Waals surface area contributed by atoms with Crippen molar-refractivity contribution in [1.82, 2.24) is 9.97 Å². The number of aromatic nitrogens is 2. The Morgan fingerprint density at radius 1 is 1.71 bits per heavy atom. The van der Waals surface area contributed by atoms with Gasteiger partial charge in [-0.25, -0.2) is 14.8 Å². The summed E-state index contributed by atoms with van der Waals surface area (Å²) in [6.07, 6.45) is 4.76. The Kier molecular flexibility index (Phi) is 3.84. The molecule has 1 amide bonds. The molecule has 0 atom stereocenters. The van der Waals surface area contributed by atoms with Gasteiger partial charge in [-0.05, 0) is 5.92 Å². The number of ether oxygens (including phenoxy) is 1. The van der Waals surface area contributed by atoms with E-state index in [0.29, 0.717) is 18.3 Å². The minimum atomic E-state index is -0.515. The van der Waals surface area contributed by atoms with Gasteiger partial charge in [-0.15, -0.1) is 0 Å². The van der Waals surface area contributed by atoms with Gasteiger partial charge in [0.25, 0.3) is 0 Å². The third-order valence-electron chi connectivity index (χ3n) is 1.30. The Morgan fingerprint density at radius 2 is 2.50 bits per heavy atom. The molecule has 5 nitrogen and oxygen atoms in total. The van der Waals surface area contributed by atoms with Crippen LogP contribution in [0.1, 0.15) is 13.8 Å². The van der Waals surface area contributed by atoms with Gasteiger partial charge in [0, 0.05) is 0 Å². The molecule has 0 aromatic carbocycles. The third-order valence-corrected chi connectivity index (χ3v) is 1.30. The van der Waals surface area contributed by atoms with Crippen LogP contribution in [-0.4, -0.2) is 22.7 Å². The van der Waals surface area contributed by atoms with Crippen LogP contribution >= 0.6 is 0 Å². The van der Waals surface area contributed by atoms with E-state index < -0.39 is 6.09 Å². The number of amides is 1. The first-order chi connectivity index (χ1) is 6.68. The Bertz CT molecular complexity index is 287. The first-order valence-electron chi connectivity index (χ1n) is 4.30. The van der Waals surface area contributed by atoms with E-state index in [4.69, 9.17) is 4.74 Å². The van der Waals surface area contributed by atoms with Crippen molar-refractivity contribution in [3.05, 3.63) is 18.6 Å². The third kappa shape index (κ3) is 3.84. The number of nitrogens with one attached hydrogen (secondary N) is 1. The summed E-state index contributed by atoms with van der Waals surface area (Å²) in [5.41, 5.74) is 0. The first kappa shape index (κ1) is 10.4. The molecule has 0 unspecified atom stereocenters. The minimum absolute atomic E-state index is 0.316. The van der Waals surface area contributed by atoms with Crippen LogP contribution in [0, 0.1) is 12.1 Å². The largest absolute Gasteiger partial charge is 0.449 e. The number of hydrogen-bond donors (Lipinski definition) is 1. The minimum Gasteiger partial charge on any atom is -0.449 e. The van der Waals surface area contributed by atoms with Crippen molar-refractivity contribution in [3.8, 4) is 0 Å². The summed E-state index contributed by atoms with van der Waals surface area (Å²) in [4.78, 5) is 18.6. The topological polar surface area (TPSA) is 64.1 Å². The predicted molar refractivity (Wildman–Crippen MR) is 50.7 cm³/mol. The number of carbonyl (C=O) groups excluding carboxylic acids is 1. The van der Waals surface area contributed by atoms with Gasteiger partial charge in [0.15, 0.2) is 5.82 Å². The summed E-state index contributed by atoms with van der Waals surface area (Å²) in [5.74, 6) is 0.674. The van der Waals surface area contributed by atoms with E-state index in [1.807, 2.05) is 13.8 Å². The lowest BCUT2D eigenvalue weighted by atomic mass is 10.2. The standard InChI is InChI=1S/C9H12N3O2/c1-7(2)6-14-9(13)12-8-5-10-3-4-11-8/h4-5,7H,6H2,1-2H3,(H,11,12,13). The Hall–Kier alpha value is -1.65. The zero-order valence-corrected chi connectivity index (χ0v) is 8.15. The number of anilines is 1. The average Bonchev–Trinajstić information content (AvgIpc) is 2.16. The van der Waals surface area contributed by atoms with Crippen LogP contribution in [-0.2, 0) is 4.74 Å². The highest BCUT2D eigenvalue weighted by molar-refractivity contribution is 5.82. The predicted octanol–water partition coefficient (Wildman–Crippen LogP) is 1.48. The van der Waals surface area contributed by atoms with Crippen molar-refractivity contribution in [2.75, 3.05) is 11.9 Å².